The number of halogens is 2. The zero-order valence-electron chi connectivity index (χ0n) is 9.17. The first-order chi connectivity index (χ1) is 7.09. The number of aromatic nitrogens is 3. The van der Waals surface area contributed by atoms with Crippen molar-refractivity contribution in [1.82, 2.24) is 14.8 Å². The Bertz CT molecular complexity index is 437. The molecule has 2 heterocycles. The van der Waals surface area contributed by atoms with Crippen LogP contribution in [0.25, 0.3) is 11.0 Å². The molecule has 0 N–H and O–H groups in total. The fourth-order valence-corrected chi connectivity index (χ4v) is 1.43. The molecule has 3 nitrogen and oxygen atoms in total. The van der Waals surface area contributed by atoms with Crippen molar-refractivity contribution in [3.05, 3.63) is 22.7 Å². The van der Waals surface area contributed by atoms with Crippen molar-refractivity contribution in [2.45, 2.75) is 20.8 Å². The van der Waals surface area contributed by atoms with Crippen LogP contribution in [0.2, 0.25) is 5.15 Å². The molecule has 0 aromatic carbocycles. The highest BCUT2D eigenvalue weighted by atomic mass is 35.5. The molecule has 0 fully saturated rings. The molecule has 0 aliphatic carbocycles. The summed E-state index contributed by atoms with van der Waals surface area (Å²) in [4.78, 5) is 3.89. The summed E-state index contributed by atoms with van der Waals surface area (Å²) in [6.07, 6.45) is 0. The molecule has 82 valence electrons. The van der Waals surface area contributed by atoms with Crippen LogP contribution in [0.15, 0.2) is 6.07 Å². The van der Waals surface area contributed by atoms with Gasteiger partial charge in [0.2, 0.25) is 0 Å². The summed E-state index contributed by atoms with van der Waals surface area (Å²) < 4.78 is 14.6. The zero-order valence-corrected chi connectivity index (χ0v) is 9.93. The van der Waals surface area contributed by atoms with Gasteiger partial charge in [0.15, 0.2) is 16.6 Å². The molecule has 0 aliphatic heterocycles. The Morgan fingerprint density at radius 3 is 2.60 bits per heavy atom. The van der Waals surface area contributed by atoms with Gasteiger partial charge >= 0.3 is 0 Å². The molecule has 2 aromatic heterocycles. The molecule has 0 saturated carbocycles. The first-order valence-electron chi connectivity index (χ1n) is 4.75. The Hall–Kier alpha value is -1.16. The smallest absolute Gasteiger partial charge is 0.167 e. The van der Waals surface area contributed by atoms with Gasteiger partial charge in [0.25, 0.3) is 0 Å². The number of fused-ring (bicyclic) bond motifs is 1. The molecule has 0 saturated heterocycles. The molecule has 2 aromatic rings. The predicted molar refractivity (Wildman–Crippen MR) is 59.6 cm³/mol. The van der Waals surface area contributed by atoms with Gasteiger partial charge < -0.3 is 0 Å². The summed E-state index contributed by atoms with van der Waals surface area (Å²) in [5.74, 6) is -0.509. The van der Waals surface area contributed by atoms with E-state index in [2.05, 4.69) is 10.1 Å². The highest BCUT2D eigenvalue weighted by molar-refractivity contribution is 6.29. The van der Waals surface area contributed by atoms with Gasteiger partial charge in [-0.25, -0.2) is 9.37 Å². The van der Waals surface area contributed by atoms with Gasteiger partial charge in [0.05, 0.1) is 5.69 Å². The van der Waals surface area contributed by atoms with Gasteiger partial charge in [-0.2, -0.15) is 5.10 Å². The highest BCUT2D eigenvalue weighted by Crippen LogP contribution is 2.20. The zero-order chi connectivity index (χ0) is 11.6. The van der Waals surface area contributed by atoms with E-state index in [1.807, 2.05) is 13.8 Å². The summed E-state index contributed by atoms with van der Waals surface area (Å²) in [5, 5.41) is 4.68. The maximum atomic E-state index is 13.0. The van der Waals surface area contributed by atoms with Crippen molar-refractivity contribution in [3.63, 3.8) is 0 Å². The average molecular weight is 230 g/mol. The fourth-order valence-electron chi connectivity index (χ4n) is 1.30. The molecule has 0 amide bonds. The van der Waals surface area contributed by atoms with Crippen LogP contribution in [0.4, 0.5) is 4.39 Å². The molecule has 0 radical (unpaired) electrons. The van der Waals surface area contributed by atoms with E-state index in [0.29, 0.717) is 11.0 Å². The Kier molecular flexibility index (Phi) is 3.63. The third kappa shape index (κ3) is 2.09. The summed E-state index contributed by atoms with van der Waals surface area (Å²) in [6.45, 7) is 5.80. The standard InChI is InChI=1S/C8H7ClFN3.C2H6/c1-4-5-3-6(10)7(9)11-8(5)13(2)12-4;1-2/h3H,1-2H3;1-2H3. The van der Waals surface area contributed by atoms with Gasteiger partial charge in [-0.1, -0.05) is 25.4 Å². The summed E-state index contributed by atoms with van der Waals surface area (Å²) in [7, 11) is 1.75. The lowest BCUT2D eigenvalue weighted by atomic mass is 10.3. The molecule has 0 bridgehead atoms. The molecule has 0 aliphatic rings. The fraction of sp³-hybridized carbons (Fsp3) is 0.400. The average Bonchev–Trinajstić information content (AvgIpc) is 2.48. The van der Waals surface area contributed by atoms with Crippen LogP contribution in [0.5, 0.6) is 0 Å². The van der Waals surface area contributed by atoms with Crippen molar-refractivity contribution < 1.29 is 4.39 Å². The van der Waals surface area contributed by atoms with Gasteiger partial charge in [-0.3, -0.25) is 4.68 Å². The molecule has 15 heavy (non-hydrogen) atoms. The third-order valence-corrected chi connectivity index (χ3v) is 2.17. The van der Waals surface area contributed by atoms with Crippen LogP contribution in [0, 0.1) is 12.7 Å². The minimum absolute atomic E-state index is 0.115. The van der Waals surface area contributed by atoms with Crippen molar-refractivity contribution in [2.75, 3.05) is 0 Å². The van der Waals surface area contributed by atoms with E-state index in [4.69, 9.17) is 11.6 Å². The van der Waals surface area contributed by atoms with E-state index in [-0.39, 0.29) is 5.15 Å². The molecule has 0 spiro atoms. The maximum absolute atomic E-state index is 13.0. The number of aryl methyl sites for hydroxylation is 2. The Morgan fingerprint density at radius 2 is 2.00 bits per heavy atom. The van der Waals surface area contributed by atoms with Crippen molar-refractivity contribution in [1.29, 1.82) is 0 Å². The maximum Gasteiger partial charge on any atom is 0.167 e. The second-order valence-electron chi connectivity index (χ2n) is 2.84. The molecule has 0 unspecified atom stereocenters. The Balaban J connectivity index is 0.000000531. The molecular formula is C10H13ClFN3. The van der Waals surface area contributed by atoms with Gasteiger partial charge in [-0.15, -0.1) is 0 Å². The van der Waals surface area contributed by atoms with Crippen LogP contribution < -0.4 is 0 Å². The van der Waals surface area contributed by atoms with Crippen molar-refractivity contribution >= 4 is 22.6 Å². The number of hydrogen-bond acceptors (Lipinski definition) is 2. The Labute approximate surface area is 92.9 Å². The Morgan fingerprint density at radius 1 is 1.40 bits per heavy atom. The van der Waals surface area contributed by atoms with Gasteiger partial charge in [0, 0.05) is 12.4 Å². The van der Waals surface area contributed by atoms with Crippen LogP contribution in [0.3, 0.4) is 0 Å². The minimum Gasteiger partial charge on any atom is -0.250 e. The first kappa shape index (κ1) is 11.9. The van der Waals surface area contributed by atoms with E-state index < -0.39 is 5.82 Å². The monoisotopic (exact) mass is 229 g/mol. The third-order valence-electron chi connectivity index (χ3n) is 1.91. The number of rotatable bonds is 0. The second-order valence-corrected chi connectivity index (χ2v) is 3.20. The largest absolute Gasteiger partial charge is 0.250 e. The SMILES string of the molecule is CC.Cc1nn(C)c2nc(Cl)c(F)cc12. The highest BCUT2D eigenvalue weighted by Gasteiger charge is 2.10. The number of nitrogens with zero attached hydrogens (tertiary/aromatic N) is 3. The van der Waals surface area contributed by atoms with E-state index in [9.17, 15) is 4.39 Å². The van der Waals surface area contributed by atoms with E-state index >= 15 is 0 Å². The predicted octanol–water partition coefficient (Wildman–Crippen LogP) is 3.10. The minimum atomic E-state index is -0.509. The van der Waals surface area contributed by atoms with E-state index in [1.165, 1.54) is 6.07 Å². The van der Waals surface area contributed by atoms with E-state index in [1.54, 1.807) is 18.7 Å². The van der Waals surface area contributed by atoms with Crippen molar-refractivity contribution in [3.8, 4) is 0 Å². The first-order valence-corrected chi connectivity index (χ1v) is 5.12. The van der Waals surface area contributed by atoms with Crippen LogP contribution in [0.1, 0.15) is 19.5 Å². The molecule has 0 atom stereocenters. The van der Waals surface area contributed by atoms with Crippen LogP contribution in [-0.2, 0) is 7.05 Å². The second kappa shape index (κ2) is 4.57. The summed E-state index contributed by atoms with van der Waals surface area (Å²) >= 11 is 5.54. The molecule has 5 heteroatoms. The summed E-state index contributed by atoms with van der Waals surface area (Å²) in [6, 6.07) is 1.35. The normalized spacial score (nSPS) is 10.0. The van der Waals surface area contributed by atoms with Crippen LogP contribution >= 0.6 is 11.6 Å². The lowest BCUT2D eigenvalue weighted by Gasteiger charge is -1.95. The molecular weight excluding hydrogens is 217 g/mol. The van der Waals surface area contributed by atoms with E-state index in [0.717, 1.165) is 5.69 Å². The number of pyridine rings is 1. The topological polar surface area (TPSA) is 30.7 Å². The van der Waals surface area contributed by atoms with Crippen molar-refractivity contribution in [2.24, 2.45) is 7.05 Å². The lowest BCUT2D eigenvalue weighted by molar-refractivity contribution is 0.624. The van der Waals surface area contributed by atoms with Crippen LogP contribution in [-0.4, -0.2) is 14.8 Å². The lowest BCUT2D eigenvalue weighted by Crippen LogP contribution is -1.92. The molecule has 2 rings (SSSR count). The summed E-state index contributed by atoms with van der Waals surface area (Å²) in [5.41, 5.74) is 1.35. The van der Waals surface area contributed by atoms with Gasteiger partial charge in [-0.05, 0) is 13.0 Å². The number of hydrogen-bond donors (Lipinski definition) is 0. The van der Waals surface area contributed by atoms with Gasteiger partial charge in [0.1, 0.15) is 0 Å². The quantitative estimate of drug-likeness (QED) is 0.650.